The maximum absolute atomic E-state index is 13.1. The summed E-state index contributed by atoms with van der Waals surface area (Å²) in [5.41, 5.74) is 5.05. The summed E-state index contributed by atoms with van der Waals surface area (Å²) < 4.78 is 5.73. The highest BCUT2D eigenvalue weighted by molar-refractivity contribution is 5.70. The van der Waals surface area contributed by atoms with E-state index in [2.05, 4.69) is 41.5 Å². The Balaban J connectivity index is 1.32. The van der Waals surface area contributed by atoms with Crippen LogP contribution in [0.25, 0.3) is 0 Å². The van der Waals surface area contributed by atoms with E-state index in [-0.39, 0.29) is 12.1 Å². The van der Waals surface area contributed by atoms with Crippen LogP contribution in [0.2, 0.25) is 0 Å². The van der Waals surface area contributed by atoms with Crippen LogP contribution < -0.4 is 4.90 Å². The van der Waals surface area contributed by atoms with Crippen LogP contribution in [0.15, 0.2) is 61.2 Å². The molecule has 5 heteroatoms. The second-order valence-electron chi connectivity index (χ2n) is 9.32. The number of amides is 1. The van der Waals surface area contributed by atoms with Crippen LogP contribution in [0.3, 0.4) is 0 Å². The summed E-state index contributed by atoms with van der Waals surface area (Å²) in [6, 6.07) is 17.0. The first-order chi connectivity index (χ1) is 15.7. The Morgan fingerprint density at radius 2 is 1.84 bits per heavy atom. The zero-order valence-electron chi connectivity index (χ0n) is 19.0. The first kappa shape index (κ1) is 21.1. The van der Waals surface area contributed by atoms with Crippen LogP contribution in [0.1, 0.15) is 42.0 Å². The number of carbonyl (C=O) groups excluding carboxylic acids is 1. The molecule has 168 valence electrons. The number of hydrogen-bond acceptors (Lipinski definition) is 4. The number of anilines is 1. The van der Waals surface area contributed by atoms with Crippen molar-refractivity contribution < 1.29 is 9.53 Å². The number of benzene rings is 2. The van der Waals surface area contributed by atoms with E-state index in [0.717, 1.165) is 51.3 Å². The van der Waals surface area contributed by atoms with Crippen molar-refractivity contribution in [2.24, 2.45) is 5.92 Å². The smallest absolute Gasteiger partial charge is 0.410 e. The van der Waals surface area contributed by atoms with E-state index in [0.29, 0.717) is 18.4 Å². The lowest BCUT2D eigenvalue weighted by Gasteiger charge is -2.38. The van der Waals surface area contributed by atoms with Crippen molar-refractivity contribution in [2.75, 3.05) is 44.2 Å². The summed E-state index contributed by atoms with van der Waals surface area (Å²) in [6.45, 7) is 12.4. The Morgan fingerprint density at radius 1 is 1.06 bits per heavy atom. The minimum atomic E-state index is -0.194. The molecular formula is C27H33N3O2. The van der Waals surface area contributed by atoms with Crippen molar-refractivity contribution in [3.8, 4) is 0 Å². The highest BCUT2D eigenvalue weighted by Gasteiger charge is 2.47. The third kappa shape index (κ3) is 3.90. The van der Waals surface area contributed by atoms with Gasteiger partial charge < -0.3 is 14.5 Å². The van der Waals surface area contributed by atoms with Crippen LogP contribution >= 0.6 is 0 Å². The number of likely N-dealkylation sites (tertiary alicyclic amines) is 1. The highest BCUT2D eigenvalue weighted by atomic mass is 16.6. The van der Waals surface area contributed by atoms with Crippen LogP contribution in [0.4, 0.5) is 10.5 Å². The molecule has 0 aromatic heterocycles. The summed E-state index contributed by atoms with van der Waals surface area (Å²) in [5, 5.41) is 0. The average Bonchev–Trinajstić information content (AvgIpc) is 2.99. The predicted octanol–water partition coefficient (Wildman–Crippen LogP) is 4.81. The van der Waals surface area contributed by atoms with Crippen molar-refractivity contribution in [1.82, 2.24) is 9.80 Å². The molecule has 0 N–H and O–H groups in total. The minimum absolute atomic E-state index is 0.106. The number of piperazine rings is 1. The number of nitrogens with zero attached hydrogens (tertiary/aromatic N) is 3. The van der Waals surface area contributed by atoms with E-state index < -0.39 is 0 Å². The first-order valence-electron chi connectivity index (χ1n) is 11.8. The molecule has 2 aromatic carbocycles. The fraction of sp³-hybridized carbons (Fsp3) is 0.444. The topological polar surface area (TPSA) is 36.0 Å². The Hall–Kier alpha value is -2.79. The van der Waals surface area contributed by atoms with Gasteiger partial charge in [-0.3, -0.25) is 4.90 Å². The van der Waals surface area contributed by atoms with Crippen LogP contribution in [-0.2, 0) is 11.3 Å². The molecule has 2 unspecified atom stereocenters. The van der Waals surface area contributed by atoms with Crippen molar-refractivity contribution in [2.45, 2.75) is 31.9 Å². The van der Waals surface area contributed by atoms with Gasteiger partial charge in [0.15, 0.2) is 0 Å². The lowest BCUT2D eigenvalue weighted by atomic mass is 9.86. The third-order valence-electron chi connectivity index (χ3n) is 7.50. The molecule has 2 saturated heterocycles. The van der Waals surface area contributed by atoms with Gasteiger partial charge in [-0.1, -0.05) is 49.4 Å². The molecule has 0 saturated carbocycles. The molecule has 5 rings (SSSR count). The van der Waals surface area contributed by atoms with Gasteiger partial charge >= 0.3 is 6.09 Å². The molecule has 3 atom stereocenters. The predicted molar refractivity (Wildman–Crippen MR) is 128 cm³/mol. The zero-order chi connectivity index (χ0) is 22.1. The maximum Gasteiger partial charge on any atom is 0.410 e. The van der Waals surface area contributed by atoms with Gasteiger partial charge in [0.05, 0.1) is 6.04 Å². The lowest BCUT2D eigenvalue weighted by Crippen LogP contribution is -2.46. The highest BCUT2D eigenvalue weighted by Crippen LogP contribution is 2.53. The second kappa shape index (κ2) is 8.99. The Labute approximate surface area is 191 Å². The van der Waals surface area contributed by atoms with Crippen molar-refractivity contribution >= 4 is 11.8 Å². The van der Waals surface area contributed by atoms with E-state index in [1.54, 1.807) is 0 Å². The summed E-state index contributed by atoms with van der Waals surface area (Å²) in [7, 11) is 0. The standard InChI is InChI=1S/C27H33N3O2/c1-3-12-28-14-16-29(17-15-28)22-9-10-24-23-11-13-30(26(20(23)2)25(24)18-22)27(31)32-19-21-7-5-4-6-8-21/h3-10,18,20,23,26H,1,11-17,19H2,2H3/t20-,23?,26?/m0/s1. The third-order valence-corrected chi connectivity index (χ3v) is 7.50. The quantitative estimate of drug-likeness (QED) is 0.637. The maximum atomic E-state index is 13.1. The van der Waals surface area contributed by atoms with Crippen molar-refractivity contribution in [3.63, 3.8) is 0 Å². The number of rotatable bonds is 5. The number of fused-ring (bicyclic) bond motifs is 5. The van der Waals surface area contributed by atoms with E-state index in [4.69, 9.17) is 4.74 Å². The van der Waals surface area contributed by atoms with E-state index >= 15 is 0 Å². The van der Waals surface area contributed by atoms with Gasteiger partial charge in [0.25, 0.3) is 0 Å². The first-order valence-corrected chi connectivity index (χ1v) is 11.8. The zero-order valence-corrected chi connectivity index (χ0v) is 19.0. The van der Waals surface area contributed by atoms with Gasteiger partial charge in [-0.15, -0.1) is 6.58 Å². The van der Waals surface area contributed by atoms with Gasteiger partial charge in [0, 0.05) is 45.0 Å². The summed E-state index contributed by atoms with van der Waals surface area (Å²) in [5.74, 6) is 0.953. The van der Waals surface area contributed by atoms with Crippen molar-refractivity contribution in [1.29, 1.82) is 0 Å². The number of hydrogen-bond donors (Lipinski definition) is 0. The minimum Gasteiger partial charge on any atom is -0.445 e. The molecule has 1 amide bonds. The Bertz CT molecular complexity index is 968. The van der Waals surface area contributed by atoms with Crippen LogP contribution in [0.5, 0.6) is 0 Å². The van der Waals surface area contributed by atoms with Gasteiger partial charge in [0.2, 0.25) is 0 Å². The fourth-order valence-corrected chi connectivity index (χ4v) is 5.80. The molecule has 0 spiro atoms. The van der Waals surface area contributed by atoms with Gasteiger partial charge in [-0.05, 0) is 47.1 Å². The molecule has 2 aliphatic heterocycles. The molecule has 5 nitrogen and oxygen atoms in total. The molecule has 2 fully saturated rings. The largest absolute Gasteiger partial charge is 0.445 e. The summed E-state index contributed by atoms with van der Waals surface area (Å²) >= 11 is 0. The van der Waals surface area contributed by atoms with Crippen molar-refractivity contribution in [3.05, 3.63) is 77.9 Å². The monoisotopic (exact) mass is 431 g/mol. The molecule has 3 aliphatic rings. The van der Waals surface area contributed by atoms with E-state index in [1.165, 1.54) is 16.8 Å². The molecule has 2 aromatic rings. The Kier molecular flexibility index (Phi) is 5.92. The number of piperidine rings is 1. The molecule has 32 heavy (non-hydrogen) atoms. The van der Waals surface area contributed by atoms with E-state index in [9.17, 15) is 4.79 Å². The van der Waals surface area contributed by atoms with Crippen LogP contribution in [0, 0.1) is 5.92 Å². The second-order valence-corrected chi connectivity index (χ2v) is 9.32. The number of ether oxygens (including phenoxy) is 1. The Morgan fingerprint density at radius 3 is 2.59 bits per heavy atom. The van der Waals surface area contributed by atoms with Gasteiger partial charge in [-0.2, -0.15) is 0 Å². The van der Waals surface area contributed by atoms with Gasteiger partial charge in [-0.25, -0.2) is 4.79 Å². The lowest BCUT2D eigenvalue weighted by molar-refractivity contribution is 0.0531. The molecule has 0 radical (unpaired) electrons. The normalized spacial score (nSPS) is 24.8. The summed E-state index contributed by atoms with van der Waals surface area (Å²) in [6.07, 6.45) is 2.79. The average molecular weight is 432 g/mol. The molecular weight excluding hydrogens is 398 g/mol. The van der Waals surface area contributed by atoms with E-state index in [1.807, 2.05) is 41.3 Å². The summed E-state index contributed by atoms with van der Waals surface area (Å²) in [4.78, 5) is 20.0. The SMILES string of the molecule is C=CCN1CCN(c2ccc3c(c2)C2[C@@H](C)C3CCN2C(=O)OCc2ccccc2)CC1. The molecule has 2 bridgehead atoms. The van der Waals surface area contributed by atoms with Gasteiger partial charge in [0.1, 0.15) is 6.61 Å². The molecule has 2 heterocycles. The number of carbonyl (C=O) groups is 1. The molecule has 1 aliphatic carbocycles. The van der Waals surface area contributed by atoms with Crippen LogP contribution in [-0.4, -0.2) is 55.2 Å². The fourth-order valence-electron chi connectivity index (χ4n) is 5.80.